The van der Waals surface area contributed by atoms with Crippen LogP contribution in [0.2, 0.25) is 0 Å². The van der Waals surface area contributed by atoms with Gasteiger partial charge in [-0.25, -0.2) is 0 Å². The van der Waals surface area contributed by atoms with Gasteiger partial charge in [-0.3, -0.25) is 4.68 Å². The van der Waals surface area contributed by atoms with E-state index in [1.54, 1.807) is 18.8 Å². The Morgan fingerprint density at radius 3 is 3.09 bits per heavy atom. The number of hydrogen-bond donors (Lipinski definition) is 0. The fraction of sp³-hybridized carbons (Fsp3) is 0.429. The molecule has 0 bridgehead atoms. The van der Waals surface area contributed by atoms with Crippen molar-refractivity contribution in [2.45, 2.75) is 6.61 Å². The summed E-state index contributed by atoms with van der Waals surface area (Å²) in [5.74, 6) is 0. The summed E-state index contributed by atoms with van der Waals surface area (Å²) in [7, 11) is 3.38. The predicted octanol–water partition coefficient (Wildman–Crippen LogP) is 0.438. The van der Waals surface area contributed by atoms with Crippen LogP contribution in [0.1, 0.15) is 11.3 Å². The number of aryl methyl sites for hydroxylation is 1. The smallest absolute Gasteiger partial charge is 0.103 e. The third kappa shape index (κ3) is 1.38. The second-order valence-electron chi connectivity index (χ2n) is 2.17. The molecule has 0 atom stereocenters. The number of hydrogen-bond acceptors (Lipinski definition) is 3. The van der Waals surface area contributed by atoms with Gasteiger partial charge >= 0.3 is 0 Å². The molecule has 0 unspecified atom stereocenters. The lowest BCUT2D eigenvalue weighted by molar-refractivity contribution is 0.177. The quantitative estimate of drug-likeness (QED) is 0.616. The third-order valence-corrected chi connectivity index (χ3v) is 1.46. The molecule has 1 heterocycles. The minimum atomic E-state index is 0.430. The first kappa shape index (κ1) is 7.76. The Bertz CT molecular complexity index is 284. The van der Waals surface area contributed by atoms with Crippen molar-refractivity contribution in [2.24, 2.45) is 7.05 Å². The van der Waals surface area contributed by atoms with Gasteiger partial charge < -0.3 is 4.74 Å². The fourth-order valence-corrected chi connectivity index (χ4v) is 0.864. The van der Waals surface area contributed by atoms with Gasteiger partial charge in [-0.1, -0.05) is 0 Å². The zero-order chi connectivity index (χ0) is 8.27. The molecule has 1 rings (SSSR count). The van der Waals surface area contributed by atoms with Gasteiger partial charge in [0.2, 0.25) is 0 Å². The van der Waals surface area contributed by atoms with Crippen LogP contribution in [0.25, 0.3) is 0 Å². The monoisotopic (exact) mass is 151 g/mol. The lowest BCUT2D eigenvalue weighted by atomic mass is 10.3. The van der Waals surface area contributed by atoms with Crippen LogP contribution in [-0.4, -0.2) is 16.9 Å². The number of ether oxygens (including phenoxy) is 1. The van der Waals surface area contributed by atoms with E-state index in [2.05, 4.69) is 5.10 Å². The molecule has 0 N–H and O–H groups in total. The Balaban J connectivity index is 3.00. The Kier molecular flexibility index (Phi) is 2.24. The normalized spacial score (nSPS) is 9.55. The lowest BCUT2D eigenvalue weighted by Crippen LogP contribution is -2.00. The van der Waals surface area contributed by atoms with Gasteiger partial charge in [0.05, 0.1) is 24.1 Å². The van der Waals surface area contributed by atoms with E-state index in [1.165, 1.54) is 6.20 Å². The van der Waals surface area contributed by atoms with E-state index in [0.29, 0.717) is 12.2 Å². The van der Waals surface area contributed by atoms with Crippen molar-refractivity contribution in [3.8, 4) is 6.07 Å². The van der Waals surface area contributed by atoms with Crippen molar-refractivity contribution < 1.29 is 4.74 Å². The standard InChI is InChI=1S/C7H9N3O/c1-10-7(5-11-2)6(3-8)4-9-10/h4H,5H2,1-2H3. The van der Waals surface area contributed by atoms with Crippen LogP contribution < -0.4 is 0 Å². The van der Waals surface area contributed by atoms with Gasteiger partial charge in [-0.15, -0.1) is 0 Å². The minimum Gasteiger partial charge on any atom is -0.378 e. The Labute approximate surface area is 65.0 Å². The second kappa shape index (κ2) is 3.17. The Morgan fingerprint density at radius 2 is 2.55 bits per heavy atom. The molecule has 0 amide bonds. The highest BCUT2D eigenvalue weighted by molar-refractivity contribution is 5.30. The second-order valence-corrected chi connectivity index (χ2v) is 2.17. The van der Waals surface area contributed by atoms with Crippen LogP contribution in [0.5, 0.6) is 0 Å². The first-order chi connectivity index (χ1) is 5.29. The van der Waals surface area contributed by atoms with Crippen LogP contribution in [0.3, 0.4) is 0 Å². The molecule has 0 aromatic carbocycles. The molecule has 0 aliphatic carbocycles. The number of aromatic nitrogens is 2. The minimum absolute atomic E-state index is 0.430. The average molecular weight is 151 g/mol. The zero-order valence-electron chi connectivity index (χ0n) is 6.53. The first-order valence-corrected chi connectivity index (χ1v) is 3.19. The summed E-state index contributed by atoms with van der Waals surface area (Å²) in [5, 5.41) is 12.5. The molecule has 1 aromatic rings. The van der Waals surface area contributed by atoms with Crippen LogP contribution in [0.4, 0.5) is 0 Å². The van der Waals surface area contributed by atoms with Crippen molar-refractivity contribution in [1.82, 2.24) is 9.78 Å². The lowest BCUT2D eigenvalue weighted by Gasteiger charge is -1.98. The molecular weight excluding hydrogens is 142 g/mol. The molecule has 1 aromatic heterocycles. The van der Waals surface area contributed by atoms with E-state index in [9.17, 15) is 0 Å². The summed E-state index contributed by atoms with van der Waals surface area (Å²) in [6, 6.07) is 2.04. The average Bonchev–Trinajstić information content (AvgIpc) is 2.34. The zero-order valence-corrected chi connectivity index (χ0v) is 6.53. The molecule has 4 nitrogen and oxygen atoms in total. The Morgan fingerprint density at radius 1 is 1.82 bits per heavy atom. The highest BCUT2D eigenvalue weighted by Gasteiger charge is 2.05. The van der Waals surface area contributed by atoms with E-state index in [4.69, 9.17) is 10.00 Å². The van der Waals surface area contributed by atoms with Crippen LogP contribution >= 0.6 is 0 Å². The molecule has 0 aliphatic heterocycles. The molecule has 0 saturated carbocycles. The third-order valence-electron chi connectivity index (χ3n) is 1.46. The van der Waals surface area contributed by atoms with Gasteiger partial charge in [0.1, 0.15) is 6.07 Å². The molecule has 0 saturated heterocycles. The summed E-state index contributed by atoms with van der Waals surface area (Å²) in [5.41, 5.74) is 1.39. The highest BCUT2D eigenvalue weighted by Crippen LogP contribution is 2.05. The number of methoxy groups -OCH3 is 1. The Hall–Kier alpha value is -1.34. The largest absolute Gasteiger partial charge is 0.378 e. The van der Waals surface area contributed by atoms with Gasteiger partial charge in [-0.2, -0.15) is 10.4 Å². The molecule has 58 valence electrons. The van der Waals surface area contributed by atoms with Gasteiger partial charge in [0.15, 0.2) is 0 Å². The SMILES string of the molecule is COCc1c(C#N)cnn1C. The maximum atomic E-state index is 8.60. The first-order valence-electron chi connectivity index (χ1n) is 3.19. The van der Waals surface area contributed by atoms with Crippen molar-refractivity contribution in [3.63, 3.8) is 0 Å². The summed E-state index contributed by atoms with van der Waals surface area (Å²) in [6.07, 6.45) is 1.54. The van der Waals surface area contributed by atoms with Gasteiger partial charge in [-0.05, 0) is 0 Å². The van der Waals surface area contributed by atoms with Gasteiger partial charge in [0.25, 0.3) is 0 Å². The number of nitriles is 1. The predicted molar refractivity (Wildman–Crippen MR) is 38.6 cm³/mol. The molecule has 0 fully saturated rings. The maximum absolute atomic E-state index is 8.60. The van der Waals surface area contributed by atoms with Crippen molar-refractivity contribution in [1.29, 1.82) is 5.26 Å². The van der Waals surface area contributed by atoms with Crippen LogP contribution in [0, 0.1) is 11.3 Å². The summed E-state index contributed by atoms with van der Waals surface area (Å²) >= 11 is 0. The van der Waals surface area contributed by atoms with E-state index >= 15 is 0 Å². The summed E-state index contributed by atoms with van der Waals surface area (Å²) in [6.45, 7) is 0.430. The fourth-order valence-electron chi connectivity index (χ4n) is 0.864. The van der Waals surface area contributed by atoms with E-state index < -0.39 is 0 Å². The number of nitrogens with zero attached hydrogens (tertiary/aromatic N) is 3. The number of rotatable bonds is 2. The molecule has 11 heavy (non-hydrogen) atoms. The van der Waals surface area contributed by atoms with Crippen LogP contribution in [-0.2, 0) is 18.4 Å². The molecule has 0 spiro atoms. The molecule has 0 aliphatic rings. The van der Waals surface area contributed by atoms with Crippen molar-refractivity contribution in [3.05, 3.63) is 17.5 Å². The van der Waals surface area contributed by atoms with Gasteiger partial charge in [0, 0.05) is 14.2 Å². The summed E-state index contributed by atoms with van der Waals surface area (Å²) in [4.78, 5) is 0. The van der Waals surface area contributed by atoms with Crippen molar-refractivity contribution in [2.75, 3.05) is 7.11 Å². The van der Waals surface area contributed by atoms with E-state index in [0.717, 1.165) is 5.69 Å². The topological polar surface area (TPSA) is 50.8 Å². The van der Waals surface area contributed by atoms with Crippen molar-refractivity contribution >= 4 is 0 Å². The molecular formula is C7H9N3O. The van der Waals surface area contributed by atoms with Crippen LogP contribution in [0.15, 0.2) is 6.20 Å². The molecule has 4 heteroatoms. The maximum Gasteiger partial charge on any atom is 0.103 e. The summed E-state index contributed by atoms with van der Waals surface area (Å²) < 4.78 is 6.54. The van der Waals surface area contributed by atoms with E-state index in [1.807, 2.05) is 6.07 Å². The highest BCUT2D eigenvalue weighted by atomic mass is 16.5. The molecule has 0 radical (unpaired) electrons. The van der Waals surface area contributed by atoms with E-state index in [-0.39, 0.29) is 0 Å².